The lowest BCUT2D eigenvalue weighted by atomic mass is 9.69. The Bertz CT molecular complexity index is 2490. The third-order valence-electron chi connectivity index (χ3n) is 12.9. The number of benzene rings is 2. The summed E-state index contributed by atoms with van der Waals surface area (Å²) < 4.78 is 20.3. The molecule has 59 heavy (non-hydrogen) atoms. The van der Waals surface area contributed by atoms with E-state index in [1.54, 1.807) is 36.7 Å². The third-order valence-corrected chi connectivity index (χ3v) is 12.9. The van der Waals surface area contributed by atoms with Crippen LogP contribution in [0.4, 0.5) is 11.6 Å². The number of ether oxygens (including phenoxy) is 2. The Morgan fingerprint density at radius 1 is 1.05 bits per heavy atom. The van der Waals surface area contributed by atoms with Crippen molar-refractivity contribution in [2.45, 2.75) is 95.4 Å². The number of aliphatic hydroxyl groups excluding tert-OH is 2. The van der Waals surface area contributed by atoms with E-state index in [9.17, 15) is 30.0 Å². The number of nitrogens with two attached hydrogens (primary N) is 2. The summed E-state index contributed by atoms with van der Waals surface area (Å²) >= 11 is 0. The van der Waals surface area contributed by atoms with Gasteiger partial charge in [-0.15, -0.1) is 0 Å². The number of aliphatic hydroxyl groups is 2. The second kappa shape index (κ2) is 16.0. The first-order chi connectivity index (χ1) is 28.4. The zero-order chi connectivity index (χ0) is 41.6. The molecule has 1 fully saturated rings. The predicted octanol–water partition coefficient (Wildman–Crippen LogP) is 6.11. The van der Waals surface area contributed by atoms with Gasteiger partial charge < -0.3 is 45.8 Å². The number of allylic oxidation sites excluding steroid dienone is 1. The summed E-state index contributed by atoms with van der Waals surface area (Å²) in [5, 5.41) is 44.5. The van der Waals surface area contributed by atoms with E-state index in [2.05, 4.69) is 9.97 Å². The molecular formula is C46H50N4O9. The molecule has 5 heterocycles. The van der Waals surface area contributed by atoms with Crippen molar-refractivity contribution in [3.05, 3.63) is 122 Å². The molecule has 0 amide bonds. The van der Waals surface area contributed by atoms with Crippen LogP contribution in [0.5, 0.6) is 17.2 Å². The normalized spacial score (nSPS) is 22.4. The van der Waals surface area contributed by atoms with E-state index >= 15 is 0 Å². The van der Waals surface area contributed by atoms with Crippen LogP contribution in [0.1, 0.15) is 96.9 Å². The van der Waals surface area contributed by atoms with Crippen molar-refractivity contribution < 1.29 is 39.1 Å². The second-order valence-corrected chi connectivity index (χ2v) is 16.3. The summed E-state index contributed by atoms with van der Waals surface area (Å²) in [4.78, 5) is 37.3. The van der Waals surface area contributed by atoms with Gasteiger partial charge in [-0.3, -0.25) is 4.79 Å². The van der Waals surface area contributed by atoms with Crippen LogP contribution in [0.3, 0.4) is 0 Å². The molecule has 3 aromatic heterocycles. The molecular weight excluding hydrogens is 753 g/mol. The zero-order valence-electron chi connectivity index (χ0n) is 33.2. The Morgan fingerprint density at radius 2 is 1.85 bits per heavy atom. The largest absolute Gasteiger partial charge is 0.508 e. The summed E-state index contributed by atoms with van der Waals surface area (Å²) in [5.74, 6) is -2.11. The van der Waals surface area contributed by atoms with Crippen LogP contribution in [0, 0.1) is 11.8 Å². The zero-order valence-corrected chi connectivity index (χ0v) is 33.2. The van der Waals surface area contributed by atoms with Gasteiger partial charge >= 0.3 is 5.97 Å². The molecule has 0 spiro atoms. The number of hydrogen-bond donors (Lipinski definition) is 6. The SMILES string of the molecule is CC=C(C(=O)OC1Cc2c3c(c4oc(CO)cc(=O)c4c2O)C(C(CO)c2cccc(O)c2)c2ccnc(N)c2CCC(Cc2ccc(N)nc2)C1(C)O3)C1CCCC1. The number of carbonyl (C=O) groups excluding carboxylic acids is 1. The number of carbonyl (C=O) groups is 1. The van der Waals surface area contributed by atoms with E-state index < -0.39 is 53.9 Å². The van der Waals surface area contributed by atoms with Crippen LogP contribution >= 0.6 is 0 Å². The van der Waals surface area contributed by atoms with Crippen LogP contribution in [0.25, 0.3) is 11.0 Å². The highest BCUT2D eigenvalue weighted by Gasteiger charge is 2.53. The number of phenols is 2. The minimum atomic E-state index is -1.29. The molecule has 5 unspecified atom stereocenters. The third kappa shape index (κ3) is 7.16. The second-order valence-electron chi connectivity index (χ2n) is 16.3. The van der Waals surface area contributed by atoms with Gasteiger partial charge in [0, 0.05) is 59.3 Å². The number of aromatic hydroxyl groups is 2. The van der Waals surface area contributed by atoms with Crippen molar-refractivity contribution >= 4 is 28.6 Å². The van der Waals surface area contributed by atoms with Crippen molar-refractivity contribution in [2.75, 3.05) is 18.1 Å². The number of nitrogens with zero attached hydrogens (tertiary/aromatic N) is 2. The molecule has 1 saturated carbocycles. The van der Waals surface area contributed by atoms with Crippen LogP contribution in [0.2, 0.25) is 0 Å². The molecule has 308 valence electrons. The summed E-state index contributed by atoms with van der Waals surface area (Å²) in [6.45, 7) is 2.70. The fourth-order valence-corrected chi connectivity index (χ4v) is 9.85. The lowest BCUT2D eigenvalue weighted by Gasteiger charge is -2.48. The number of nitrogen functional groups attached to an aromatic ring is 2. The summed E-state index contributed by atoms with van der Waals surface area (Å²) in [6.07, 6.45) is 9.19. The van der Waals surface area contributed by atoms with Gasteiger partial charge in [0.15, 0.2) is 5.43 Å². The molecule has 1 aliphatic carbocycles. The van der Waals surface area contributed by atoms with E-state index in [4.69, 9.17) is 25.4 Å². The van der Waals surface area contributed by atoms with Gasteiger partial charge in [-0.05, 0) is 98.4 Å². The van der Waals surface area contributed by atoms with E-state index in [-0.39, 0.29) is 57.9 Å². The number of phenolic OH excluding ortho intramolecular Hbond substituents is 2. The van der Waals surface area contributed by atoms with E-state index in [0.717, 1.165) is 37.3 Å². The average Bonchev–Trinajstić information content (AvgIpc) is 3.75. The van der Waals surface area contributed by atoms with Crippen molar-refractivity contribution in [1.29, 1.82) is 0 Å². The minimum absolute atomic E-state index is 0.0199. The Labute approximate surface area is 341 Å². The fourth-order valence-electron chi connectivity index (χ4n) is 9.85. The molecule has 0 radical (unpaired) electrons. The van der Waals surface area contributed by atoms with Crippen LogP contribution in [-0.4, -0.2) is 54.7 Å². The number of fused-ring (bicyclic) bond motifs is 4. The Morgan fingerprint density at radius 3 is 2.54 bits per heavy atom. The quantitative estimate of drug-likeness (QED) is 0.0732. The lowest BCUT2D eigenvalue weighted by Crippen LogP contribution is -2.57. The first-order valence-electron chi connectivity index (χ1n) is 20.3. The molecule has 5 aromatic rings. The van der Waals surface area contributed by atoms with Gasteiger partial charge in [-0.1, -0.05) is 37.1 Å². The molecule has 0 saturated heterocycles. The smallest absolute Gasteiger partial charge is 0.334 e. The van der Waals surface area contributed by atoms with Crippen LogP contribution in [-0.2, 0) is 35.4 Å². The number of hydrogen-bond acceptors (Lipinski definition) is 13. The van der Waals surface area contributed by atoms with Crippen LogP contribution < -0.4 is 21.6 Å². The lowest BCUT2D eigenvalue weighted by molar-refractivity contribution is -0.165. The average molecular weight is 803 g/mol. The predicted molar refractivity (Wildman–Crippen MR) is 221 cm³/mol. The highest BCUT2D eigenvalue weighted by atomic mass is 16.6. The van der Waals surface area contributed by atoms with Crippen molar-refractivity contribution in [1.82, 2.24) is 9.97 Å². The summed E-state index contributed by atoms with van der Waals surface area (Å²) in [7, 11) is 0. The number of anilines is 2. The number of pyridine rings is 2. The van der Waals surface area contributed by atoms with Crippen molar-refractivity contribution in [3.63, 3.8) is 0 Å². The molecule has 5 atom stereocenters. The number of aromatic nitrogens is 2. The molecule has 2 aliphatic heterocycles. The molecule has 3 aliphatic rings. The maximum Gasteiger partial charge on any atom is 0.334 e. The van der Waals surface area contributed by atoms with Crippen molar-refractivity contribution in [2.24, 2.45) is 11.8 Å². The van der Waals surface area contributed by atoms with E-state index in [0.29, 0.717) is 52.9 Å². The Kier molecular flexibility index (Phi) is 10.8. The summed E-state index contributed by atoms with van der Waals surface area (Å²) in [5.41, 5.74) is 14.7. The molecule has 2 aromatic carbocycles. The first-order valence-corrected chi connectivity index (χ1v) is 20.3. The topological polar surface area (TPSA) is 224 Å². The highest BCUT2D eigenvalue weighted by molar-refractivity contribution is 5.92. The Hall–Kier alpha value is -5.92. The van der Waals surface area contributed by atoms with Gasteiger partial charge in [-0.25, -0.2) is 14.8 Å². The molecule has 8 rings (SSSR count). The molecule has 13 nitrogen and oxygen atoms in total. The van der Waals surface area contributed by atoms with Gasteiger partial charge in [0.1, 0.15) is 63.9 Å². The van der Waals surface area contributed by atoms with Gasteiger partial charge in [0.05, 0.1) is 6.61 Å². The summed E-state index contributed by atoms with van der Waals surface area (Å²) in [6, 6.07) is 13.1. The van der Waals surface area contributed by atoms with Gasteiger partial charge in [0.2, 0.25) is 0 Å². The maximum absolute atomic E-state index is 14.3. The standard InChI is InChI=1S/C46H50N4O9/c1-3-30(25-7-4-5-8-25)45(56)58-36-20-33-41(55)39-35(54)19-29(22-51)57-43(39)40-38(34(23-52)26-9-6-10-28(53)18-26)31-15-16-49-44(48)32(31)13-12-27(46(36,2)59-42(33)40)17-24-11-14-37(47)50-21-24/h3,6,9-11,14-16,18-19,21,25,27,34,36,38,51-53,55H,4-5,7-8,12-13,17,20,22-23H2,1-2H3,(H2,47,50)(H2,48,49). The highest BCUT2D eigenvalue weighted by Crippen LogP contribution is 2.56. The first kappa shape index (κ1) is 39.9. The molecule has 2 bridgehead atoms. The van der Waals surface area contributed by atoms with E-state index in [1.807, 2.05) is 32.1 Å². The fraction of sp³-hybridized carbons (Fsp3) is 0.391. The molecule has 13 heteroatoms. The maximum atomic E-state index is 14.3. The van der Waals surface area contributed by atoms with Gasteiger partial charge in [-0.2, -0.15) is 0 Å². The number of esters is 1. The molecule has 8 N–H and O–H groups in total. The van der Waals surface area contributed by atoms with Gasteiger partial charge in [0.25, 0.3) is 0 Å². The van der Waals surface area contributed by atoms with E-state index in [1.165, 1.54) is 6.07 Å². The number of rotatable bonds is 9. The van der Waals surface area contributed by atoms with Crippen molar-refractivity contribution in [3.8, 4) is 17.2 Å². The Balaban J connectivity index is 1.44. The van der Waals surface area contributed by atoms with Crippen LogP contribution in [0.15, 0.2) is 81.8 Å². The monoisotopic (exact) mass is 802 g/mol. The minimum Gasteiger partial charge on any atom is -0.508 e.